The largest absolute Gasteiger partial charge is 0.493 e. The minimum Gasteiger partial charge on any atom is -0.493 e. The van der Waals surface area contributed by atoms with Crippen LogP contribution in [0.3, 0.4) is 0 Å². The Balaban J connectivity index is 1.27. The van der Waals surface area contributed by atoms with Gasteiger partial charge >= 0.3 is 0 Å². The van der Waals surface area contributed by atoms with Gasteiger partial charge in [0.05, 0.1) is 18.6 Å². The van der Waals surface area contributed by atoms with Crippen LogP contribution >= 0.6 is 0 Å². The zero-order valence-electron chi connectivity index (χ0n) is 21.2. The van der Waals surface area contributed by atoms with Gasteiger partial charge in [-0.3, -0.25) is 4.90 Å². The van der Waals surface area contributed by atoms with E-state index in [4.69, 9.17) is 9.47 Å². The van der Waals surface area contributed by atoms with E-state index in [1.165, 1.54) is 56.5 Å². The average molecular weight is 501 g/mol. The van der Waals surface area contributed by atoms with Crippen molar-refractivity contribution in [3.8, 4) is 11.6 Å². The summed E-state index contributed by atoms with van der Waals surface area (Å²) in [6, 6.07) is 10.3. The molecule has 0 atom stereocenters. The van der Waals surface area contributed by atoms with Gasteiger partial charge in [-0.05, 0) is 81.1 Å². The first kappa shape index (κ1) is 26.0. The fraction of sp³-hybridized carbons (Fsp3) is 0.607. The van der Waals surface area contributed by atoms with Crippen LogP contribution < -0.4 is 9.47 Å². The molecule has 1 aliphatic carbocycles. The highest BCUT2D eigenvalue weighted by molar-refractivity contribution is 7.90. The Bertz CT molecular complexity index is 1060. The zero-order chi connectivity index (χ0) is 24.7. The molecule has 0 spiro atoms. The molecule has 1 aliphatic heterocycles. The van der Waals surface area contributed by atoms with Crippen LogP contribution in [-0.4, -0.2) is 51.4 Å². The molecule has 0 N–H and O–H groups in total. The number of sulfone groups is 1. The quantitative estimate of drug-likeness (QED) is 0.441. The summed E-state index contributed by atoms with van der Waals surface area (Å²) in [5.74, 6) is 2.98. The van der Waals surface area contributed by atoms with E-state index in [2.05, 4.69) is 34.1 Å². The number of nitrogens with zero attached hydrogens (tertiary/aromatic N) is 2. The van der Waals surface area contributed by atoms with E-state index >= 15 is 0 Å². The number of likely N-dealkylation sites (tertiary alicyclic amines) is 1. The maximum absolute atomic E-state index is 12.0. The Labute approximate surface area is 211 Å². The number of rotatable bonds is 10. The number of hydrogen-bond acceptors (Lipinski definition) is 6. The molecule has 1 saturated heterocycles. The van der Waals surface area contributed by atoms with Crippen molar-refractivity contribution in [3.63, 3.8) is 0 Å². The summed E-state index contributed by atoms with van der Waals surface area (Å²) in [6.45, 7) is 3.51. The van der Waals surface area contributed by atoms with E-state index in [0.717, 1.165) is 50.3 Å². The predicted molar refractivity (Wildman–Crippen MR) is 139 cm³/mol. The third-order valence-corrected chi connectivity index (χ3v) is 8.70. The van der Waals surface area contributed by atoms with Gasteiger partial charge in [-0.15, -0.1) is 0 Å². The summed E-state index contributed by atoms with van der Waals surface area (Å²) in [6.07, 6.45) is 13.8. The maximum atomic E-state index is 12.0. The first-order valence-corrected chi connectivity index (χ1v) is 15.0. The van der Waals surface area contributed by atoms with E-state index < -0.39 is 9.84 Å². The average Bonchev–Trinajstić information content (AvgIpc) is 2.87. The van der Waals surface area contributed by atoms with Crippen molar-refractivity contribution in [3.05, 3.63) is 47.7 Å². The lowest BCUT2D eigenvalue weighted by atomic mass is 9.89. The third kappa shape index (κ3) is 7.43. The highest BCUT2D eigenvalue weighted by Gasteiger charge is 2.22. The van der Waals surface area contributed by atoms with Crippen molar-refractivity contribution in [2.75, 3.05) is 33.1 Å². The molecule has 35 heavy (non-hydrogen) atoms. The lowest BCUT2D eigenvalue weighted by Gasteiger charge is -2.32. The number of para-hydroxylation sites is 1. The van der Waals surface area contributed by atoms with Crippen molar-refractivity contribution >= 4 is 9.84 Å². The topological polar surface area (TPSA) is 68.7 Å². The second kappa shape index (κ2) is 12.2. The van der Waals surface area contributed by atoms with Crippen LogP contribution in [0.2, 0.25) is 0 Å². The number of aromatic nitrogens is 1. The van der Waals surface area contributed by atoms with Crippen LogP contribution in [0, 0.1) is 11.8 Å². The van der Waals surface area contributed by atoms with Crippen LogP contribution in [0.5, 0.6) is 11.6 Å². The fourth-order valence-electron chi connectivity index (χ4n) is 5.42. The molecule has 2 aliphatic rings. The molecule has 1 saturated carbocycles. The first-order chi connectivity index (χ1) is 16.9. The Kier molecular flexibility index (Phi) is 9.06. The molecule has 7 heteroatoms. The second-order valence-electron chi connectivity index (χ2n) is 10.3. The molecule has 0 amide bonds. The van der Waals surface area contributed by atoms with Crippen LogP contribution in [-0.2, 0) is 22.8 Å². The van der Waals surface area contributed by atoms with Gasteiger partial charge in [-0.1, -0.05) is 37.5 Å². The summed E-state index contributed by atoms with van der Waals surface area (Å²) < 4.78 is 35.6. The summed E-state index contributed by atoms with van der Waals surface area (Å²) in [7, 11) is -1.72. The van der Waals surface area contributed by atoms with E-state index in [0.29, 0.717) is 24.3 Å². The third-order valence-electron chi connectivity index (χ3n) is 7.62. The zero-order valence-corrected chi connectivity index (χ0v) is 22.1. The molecule has 2 aromatic rings. The number of ether oxygens (including phenoxy) is 2. The number of benzene rings is 1. The van der Waals surface area contributed by atoms with Crippen LogP contribution in [0.4, 0.5) is 0 Å². The van der Waals surface area contributed by atoms with Gasteiger partial charge in [-0.2, -0.15) is 0 Å². The summed E-state index contributed by atoms with van der Waals surface area (Å²) in [5, 5.41) is 0. The van der Waals surface area contributed by atoms with Gasteiger partial charge in [0.25, 0.3) is 0 Å². The lowest BCUT2D eigenvalue weighted by Crippen LogP contribution is -2.33. The van der Waals surface area contributed by atoms with Gasteiger partial charge in [-0.25, -0.2) is 13.4 Å². The molecule has 6 nitrogen and oxygen atoms in total. The molecule has 2 fully saturated rings. The Morgan fingerprint density at radius 2 is 1.74 bits per heavy atom. The number of methoxy groups -OCH3 is 1. The molecule has 192 valence electrons. The Hall–Kier alpha value is -2.12. The number of piperidine rings is 1. The normalized spacial score (nSPS) is 18.5. The van der Waals surface area contributed by atoms with Gasteiger partial charge < -0.3 is 9.47 Å². The molecule has 0 radical (unpaired) electrons. The van der Waals surface area contributed by atoms with E-state index in [1.807, 2.05) is 0 Å². The van der Waals surface area contributed by atoms with Crippen LogP contribution in [0.25, 0.3) is 0 Å². The summed E-state index contributed by atoms with van der Waals surface area (Å²) in [4.78, 5) is 6.84. The summed E-state index contributed by atoms with van der Waals surface area (Å²) >= 11 is 0. The Morgan fingerprint density at radius 1 is 1.00 bits per heavy atom. The molecule has 2 heterocycles. The second-order valence-corrected chi connectivity index (χ2v) is 12.3. The molecule has 1 aromatic carbocycles. The number of aryl methyl sites for hydroxylation is 1. The van der Waals surface area contributed by atoms with Crippen molar-refractivity contribution in [2.24, 2.45) is 11.8 Å². The van der Waals surface area contributed by atoms with Crippen molar-refractivity contribution in [1.82, 2.24) is 9.88 Å². The van der Waals surface area contributed by atoms with Gasteiger partial charge in [0, 0.05) is 24.6 Å². The van der Waals surface area contributed by atoms with Gasteiger partial charge in [0.1, 0.15) is 5.75 Å². The predicted octanol–water partition coefficient (Wildman–Crippen LogP) is 5.30. The van der Waals surface area contributed by atoms with Gasteiger partial charge in [0.15, 0.2) is 9.84 Å². The van der Waals surface area contributed by atoms with Crippen LogP contribution in [0.15, 0.2) is 41.4 Å². The molecule has 4 rings (SSSR count). The SMILES string of the molecule is COc1ncc(S(C)(=O)=O)cc1CN1CCC(CCc2ccccc2OCC2CCCCC2)CC1. The molecule has 0 unspecified atom stereocenters. The van der Waals surface area contributed by atoms with Gasteiger partial charge in [0.2, 0.25) is 5.88 Å². The highest BCUT2D eigenvalue weighted by atomic mass is 32.2. The monoisotopic (exact) mass is 500 g/mol. The van der Waals surface area contributed by atoms with Crippen molar-refractivity contribution in [1.29, 1.82) is 0 Å². The Morgan fingerprint density at radius 3 is 2.46 bits per heavy atom. The summed E-state index contributed by atoms with van der Waals surface area (Å²) in [5.41, 5.74) is 2.16. The molecular weight excluding hydrogens is 460 g/mol. The molecule has 0 bridgehead atoms. The first-order valence-electron chi connectivity index (χ1n) is 13.1. The highest BCUT2D eigenvalue weighted by Crippen LogP contribution is 2.30. The number of pyridine rings is 1. The van der Waals surface area contributed by atoms with Crippen molar-refractivity contribution < 1.29 is 17.9 Å². The fourth-order valence-corrected chi connectivity index (χ4v) is 6.02. The molecule has 1 aromatic heterocycles. The standard InChI is InChI=1S/C28H40N2O4S/c1-33-28-25(18-26(19-29-28)35(2,31)32)20-30-16-14-22(15-17-30)12-13-24-10-6-7-11-27(24)34-21-23-8-4-3-5-9-23/h6-7,10-11,18-19,22-23H,3-5,8-9,12-17,20-21H2,1-2H3. The lowest BCUT2D eigenvalue weighted by molar-refractivity contribution is 0.170. The minimum absolute atomic E-state index is 0.243. The van der Waals surface area contributed by atoms with E-state index in [-0.39, 0.29) is 4.90 Å². The van der Waals surface area contributed by atoms with E-state index in [1.54, 1.807) is 13.2 Å². The molecular formula is C28H40N2O4S. The minimum atomic E-state index is -3.29. The number of hydrogen-bond donors (Lipinski definition) is 0. The van der Waals surface area contributed by atoms with Crippen molar-refractivity contribution in [2.45, 2.75) is 69.2 Å². The van der Waals surface area contributed by atoms with Crippen LogP contribution in [0.1, 0.15) is 62.5 Å². The van der Waals surface area contributed by atoms with E-state index in [9.17, 15) is 8.42 Å². The smallest absolute Gasteiger partial charge is 0.217 e. The maximum Gasteiger partial charge on any atom is 0.217 e.